The maximum absolute atomic E-state index is 13.5. The first-order valence-electron chi connectivity index (χ1n) is 10.3. The second-order valence-electron chi connectivity index (χ2n) is 7.67. The van der Waals surface area contributed by atoms with Crippen LogP contribution in [0.2, 0.25) is 0 Å². The number of rotatable bonds is 7. The highest BCUT2D eigenvalue weighted by Gasteiger charge is 2.34. The molecule has 0 spiro atoms. The van der Waals surface area contributed by atoms with Crippen LogP contribution >= 0.6 is 0 Å². The van der Waals surface area contributed by atoms with Crippen molar-refractivity contribution in [2.45, 2.75) is 19.0 Å². The number of carbonyl (C=O) groups excluding carboxylic acids is 2. The van der Waals surface area contributed by atoms with Crippen LogP contribution in [0.15, 0.2) is 48.5 Å². The van der Waals surface area contributed by atoms with Crippen molar-refractivity contribution in [1.82, 2.24) is 15.1 Å². The van der Waals surface area contributed by atoms with E-state index >= 15 is 0 Å². The Kier molecular flexibility index (Phi) is 6.40. The van der Waals surface area contributed by atoms with Gasteiger partial charge in [0.15, 0.2) is 0 Å². The van der Waals surface area contributed by atoms with E-state index in [1.54, 1.807) is 17.0 Å². The maximum atomic E-state index is 13.5. The van der Waals surface area contributed by atoms with Crippen LogP contribution in [0.3, 0.4) is 0 Å². The lowest BCUT2D eigenvalue weighted by molar-refractivity contribution is -0.122. The van der Waals surface area contributed by atoms with Crippen molar-refractivity contribution >= 4 is 11.8 Å². The molecule has 1 saturated heterocycles. The molecule has 2 aromatic rings. The topological polar surface area (TPSA) is 61.9 Å². The number of halogens is 1. The first-order chi connectivity index (χ1) is 14.6. The van der Waals surface area contributed by atoms with Gasteiger partial charge in [-0.3, -0.25) is 14.5 Å². The summed E-state index contributed by atoms with van der Waals surface area (Å²) in [5.74, 6) is -0.564. The molecular weight excluding hydrogens is 385 g/mol. The third kappa shape index (κ3) is 4.68. The van der Waals surface area contributed by atoms with Gasteiger partial charge < -0.3 is 15.0 Å². The Hall–Kier alpha value is -2.77. The number of ether oxygens (including phenoxy) is 1. The molecule has 0 aromatic heterocycles. The van der Waals surface area contributed by atoms with Crippen LogP contribution in [0.4, 0.5) is 4.39 Å². The van der Waals surface area contributed by atoms with E-state index in [0.29, 0.717) is 18.7 Å². The SMILES string of the molecule is O=C(C[C@@H](c1ccc(F)cc1)N1Cc2ccccc2C1=O)NCCN1CCOCC1. The monoisotopic (exact) mass is 411 g/mol. The van der Waals surface area contributed by atoms with Crippen molar-refractivity contribution < 1.29 is 18.7 Å². The van der Waals surface area contributed by atoms with E-state index in [1.807, 2.05) is 24.3 Å². The largest absolute Gasteiger partial charge is 0.379 e. The highest BCUT2D eigenvalue weighted by Crippen LogP contribution is 2.33. The minimum Gasteiger partial charge on any atom is -0.379 e. The predicted octanol–water partition coefficient (Wildman–Crippen LogP) is 2.36. The minimum absolute atomic E-state index is 0.0963. The molecule has 7 heteroatoms. The molecule has 2 amide bonds. The van der Waals surface area contributed by atoms with Crippen LogP contribution in [0, 0.1) is 5.82 Å². The highest BCUT2D eigenvalue weighted by atomic mass is 19.1. The standard InChI is InChI=1S/C23H26FN3O3/c24-19-7-5-17(6-8-19)21(27-16-18-3-1-2-4-20(18)23(27)29)15-22(28)25-9-10-26-11-13-30-14-12-26/h1-8,21H,9-16H2,(H,25,28)/t21-/m0/s1. The number of benzene rings is 2. The van der Waals surface area contributed by atoms with Crippen LogP contribution in [0.1, 0.15) is 33.9 Å². The molecule has 2 aromatic carbocycles. The number of hydrogen-bond acceptors (Lipinski definition) is 4. The molecule has 1 atom stereocenters. The van der Waals surface area contributed by atoms with Crippen LogP contribution in [0.25, 0.3) is 0 Å². The Morgan fingerprint density at radius 3 is 2.57 bits per heavy atom. The Balaban J connectivity index is 1.44. The van der Waals surface area contributed by atoms with Crippen molar-refractivity contribution in [3.63, 3.8) is 0 Å². The summed E-state index contributed by atoms with van der Waals surface area (Å²) in [6, 6.07) is 13.1. The number of morpholine rings is 1. The van der Waals surface area contributed by atoms with Gasteiger partial charge in [-0.1, -0.05) is 30.3 Å². The van der Waals surface area contributed by atoms with Crippen molar-refractivity contribution in [1.29, 1.82) is 0 Å². The van der Waals surface area contributed by atoms with E-state index in [2.05, 4.69) is 10.2 Å². The Morgan fingerprint density at radius 2 is 1.83 bits per heavy atom. The summed E-state index contributed by atoms with van der Waals surface area (Å²) in [6.07, 6.45) is 0.133. The molecule has 0 aliphatic carbocycles. The minimum atomic E-state index is -0.450. The third-order valence-corrected chi connectivity index (χ3v) is 5.71. The van der Waals surface area contributed by atoms with Gasteiger partial charge in [0.2, 0.25) is 5.91 Å². The van der Waals surface area contributed by atoms with E-state index < -0.39 is 6.04 Å². The van der Waals surface area contributed by atoms with Gasteiger partial charge in [-0.2, -0.15) is 0 Å². The quantitative estimate of drug-likeness (QED) is 0.760. The fourth-order valence-corrected chi connectivity index (χ4v) is 4.05. The summed E-state index contributed by atoms with van der Waals surface area (Å²) in [7, 11) is 0. The van der Waals surface area contributed by atoms with E-state index in [0.717, 1.165) is 44.0 Å². The highest BCUT2D eigenvalue weighted by molar-refractivity contribution is 5.98. The summed E-state index contributed by atoms with van der Waals surface area (Å²) in [6.45, 7) is 4.94. The van der Waals surface area contributed by atoms with E-state index in [-0.39, 0.29) is 24.1 Å². The van der Waals surface area contributed by atoms with Crippen molar-refractivity contribution in [2.75, 3.05) is 39.4 Å². The summed E-state index contributed by atoms with van der Waals surface area (Å²) in [4.78, 5) is 29.6. The first kappa shape index (κ1) is 20.5. The molecule has 2 aliphatic rings. The van der Waals surface area contributed by atoms with Gasteiger partial charge in [0.25, 0.3) is 5.91 Å². The number of fused-ring (bicyclic) bond motifs is 1. The van der Waals surface area contributed by atoms with Crippen LogP contribution in [-0.4, -0.2) is 61.0 Å². The fraction of sp³-hybridized carbons (Fsp3) is 0.391. The second kappa shape index (κ2) is 9.36. The summed E-state index contributed by atoms with van der Waals surface area (Å²) in [5.41, 5.74) is 2.36. The Morgan fingerprint density at radius 1 is 1.10 bits per heavy atom. The van der Waals surface area contributed by atoms with Crippen molar-refractivity contribution in [2.24, 2.45) is 0 Å². The lowest BCUT2D eigenvalue weighted by Crippen LogP contribution is -2.42. The molecule has 2 aliphatic heterocycles. The number of hydrogen-bond donors (Lipinski definition) is 1. The van der Waals surface area contributed by atoms with Crippen LogP contribution in [0.5, 0.6) is 0 Å². The lowest BCUT2D eigenvalue weighted by atomic mass is 10.0. The van der Waals surface area contributed by atoms with Gasteiger partial charge in [-0.05, 0) is 29.3 Å². The van der Waals surface area contributed by atoms with Gasteiger partial charge in [0.1, 0.15) is 5.82 Å². The summed E-state index contributed by atoms with van der Waals surface area (Å²) in [5, 5.41) is 2.97. The van der Waals surface area contributed by atoms with Gasteiger partial charge in [0, 0.05) is 38.3 Å². The van der Waals surface area contributed by atoms with E-state index in [9.17, 15) is 14.0 Å². The number of amides is 2. The lowest BCUT2D eigenvalue weighted by Gasteiger charge is -2.29. The summed E-state index contributed by atoms with van der Waals surface area (Å²) < 4.78 is 18.8. The van der Waals surface area contributed by atoms with Gasteiger partial charge in [0.05, 0.1) is 25.7 Å². The molecule has 0 radical (unpaired) electrons. The Bertz CT molecular complexity index is 897. The van der Waals surface area contributed by atoms with Gasteiger partial charge in [-0.25, -0.2) is 4.39 Å². The molecule has 4 rings (SSSR count). The fourth-order valence-electron chi connectivity index (χ4n) is 4.05. The molecule has 0 bridgehead atoms. The van der Waals surface area contributed by atoms with Crippen molar-refractivity contribution in [3.8, 4) is 0 Å². The molecule has 1 fully saturated rings. The first-order valence-corrected chi connectivity index (χ1v) is 10.3. The number of nitrogens with one attached hydrogen (secondary N) is 1. The number of carbonyl (C=O) groups is 2. The molecule has 2 heterocycles. The van der Waals surface area contributed by atoms with E-state index in [4.69, 9.17) is 4.74 Å². The average Bonchev–Trinajstić information content (AvgIpc) is 3.10. The normalized spacial score (nSPS) is 17.6. The maximum Gasteiger partial charge on any atom is 0.255 e. The zero-order valence-corrected chi connectivity index (χ0v) is 16.9. The zero-order valence-electron chi connectivity index (χ0n) is 16.9. The number of nitrogens with zero attached hydrogens (tertiary/aromatic N) is 2. The van der Waals surface area contributed by atoms with Crippen LogP contribution < -0.4 is 5.32 Å². The smallest absolute Gasteiger partial charge is 0.255 e. The van der Waals surface area contributed by atoms with Gasteiger partial charge in [-0.15, -0.1) is 0 Å². The molecule has 1 N–H and O–H groups in total. The molecule has 30 heavy (non-hydrogen) atoms. The van der Waals surface area contributed by atoms with Gasteiger partial charge >= 0.3 is 0 Å². The average molecular weight is 411 g/mol. The zero-order chi connectivity index (χ0) is 20.9. The van der Waals surface area contributed by atoms with Crippen molar-refractivity contribution in [3.05, 3.63) is 71.0 Å². The Labute approximate surface area is 175 Å². The second-order valence-corrected chi connectivity index (χ2v) is 7.67. The summed E-state index contributed by atoms with van der Waals surface area (Å²) >= 11 is 0. The van der Waals surface area contributed by atoms with Crippen LogP contribution in [-0.2, 0) is 16.1 Å². The molecule has 0 unspecified atom stereocenters. The molecule has 0 saturated carbocycles. The predicted molar refractivity (Wildman–Crippen MR) is 110 cm³/mol. The molecule has 158 valence electrons. The third-order valence-electron chi connectivity index (χ3n) is 5.71. The molecule has 6 nitrogen and oxygen atoms in total. The van der Waals surface area contributed by atoms with E-state index in [1.165, 1.54) is 12.1 Å². The molecular formula is C23H26FN3O3.